The molecule has 55 heavy (non-hydrogen) atoms. The van der Waals surface area contributed by atoms with Crippen LogP contribution in [0.1, 0.15) is 115 Å². The van der Waals surface area contributed by atoms with Crippen molar-refractivity contribution in [3.8, 4) is 39.1 Å². The number of aryl methyl sites for hydroxylation is 2. The van der Waals surface area contributed by atoms with Crippen molar-refractivity contribution >= 4 is 5.97 Å². The third-order valence-corrected chi connectivity index (χ3v) is 12.0. The maximum atomic E-state index is 12.0. The second kappa shape index (κ2) is 20.6. The fourth-order valence-electron chi connectivity index (χ4n) is 7.95. The minimum Gasteiger partial charge on any atom is -0.493 e. The normalized spacial score (nSPS) is 15.8. The van der Waals surface area contributed by atoms with Gasteiger partial charge in [0.05, 0.1) is 31.8 Å². The Hall–Kier alpha value is -4.19. The number of ether oxygens (including phenoxy) is 2. The Morgan fingerprint density at radius 2 is 1.35 bits per heavy atom. The molecule has 0 heterocycles. The SMILES string of the molecule is C=C(C)C(=O)OCCCc1cc(-c2ccc(-c3ccc(-c4ccc(C5CCC(CCCCC)CC5)cc4)cc3)cc2CC)ccc1OCC(CC)(CO)CO. The van der Waals surface area contributed by atoms with E-state index in [1.165, 1.54) is 90.3 Å². The van der Waals surface area contributed by atoms with E-state index >= 15 is 0 Å². The zero-order valence-corrected chi connectivity index (χ0v) is 33.9. The highest BCUT2D eigenvalue weighted by Crippen LogP contribution is 2.39. The van der Waals surface area contributed by atoms with Gasteiger partial charge in [0, 0.05) is 5.57 Å². The number of hydrogen-bond acceptors (Lipinski definition) is 5. The quantitative estimate of drug-likeness (QED) is 0.0535. The van der Waals surface area contributed by atoms with E-state index < -0.39 is 5.41 Å². The van der Waals surface area contributed by atoms with Gasteiger partial charge in [-0.2, -0.15) is 0 Å². The first-order valence-corrected chi connectivity index (χ1v) is 20.9. The smallest absolute Gasteiger partial charge is 0.333 e. The van der Waals surface area contributed by atoms with E-state index in [4.69, 9.17) is 9.47 Å². The molecule has 0 amide bonds. The molecule has 1 saturated carbocycles. The Balaban J connectivity index is 1.29. The molecular formula is C50H64O5. The number of carbonyl (C=O) groups is 1. The van der Waals surface area contributed by atoms with Gasteiger partial charge in [-0.1, -0.05) is 126 Å². The van der Waals surface area contributed by atoms with Crippen molar-refractivity contribution in [1.82, 2.24) is 0 Å². The Labute approximate surface area is 330 Å². The minimum atomic E-state index is -0.715. The van der Waals surface area contributed by atoms with Crippen molar-refractivity contribution in [1.29, 1.82) is 0 Å². The molecule has 0 spiro atoms. The van der Waals surface area contributed by atoms with Crippen molar-refractivity contribution in [2.45, 2.75) is 111 Å². The molecule has 5 heteroatoms. The molecule has 5 nitrogen and oxygen atoms in total. The van der Waals surface area contributed by atoms with Gasteiger partial charge in [-0.05, 0) is 132 Å². The molecule has 2 N–H and O–H groups in total. The highest BCUT2D eigenvalue weighted by molar-refractivity contribution is 5.86. The van der Waals surface area contributed by atoms with Crippen molar-refractivity contribution < 1.29 is 24.5 Å². The summed E-state index contributed by atoms with van der Waals surface area (Å²) in [6.07, 6.45) is 13.7. The van der Waals surface area contributed by atoms with Crippen LogP contribution >= 0.6 is 0 Å². The van der Waals surface area contributed by atoms with Gasteiger partial charge in [-0.25, -0.2) is 4.79 Å². The molecule has 4 aromatic carbocycles. The Kier molecular flexibility index (Phi) is 15.8. The molecule has 0 atom stereocenters. The lowest BCUT2D eigenvalue weighted by molar-refractivity contribution is -0.139. The highest BCUT2D eigenvalue weighted by Gasteiger charge is 2.28. The summed E-state index contributed by atoms with van der Waals surface area (Å²) in [7, 11) is 0. The van der Waals surface area contributed by atoms with Crippen LogP contribution in [-0.4, -0.2) is 42.6 Å². The number of aliphatic hydroxyl groups is 2. The summed E-state index contributed by atoms with van der Waals surface area (Å²) in [6.45, 7) is 11.9. The lowest BCUT2D eigenvalue weighted by Gasteiger charge is -2.29. The second-order valence-corrected chi connectivity index (χ2v) is 15.9. The molecule has 294 valence electrons. The summed E-state index contributed by atoms with van der Waals surface area (Å²) in [5.41, 5.74) is 10.6. The van der Waals surface area contributed by atoms with Crippen LogP contribution in [0, 0.1) is 11.3 Å². The number of rotatable bonds is 20. The van der Waals surface area contributed by atoms with Crippen LogP contribution in [0.2, 0.25) is 0 Å². The minimum absolute atomic E-state index is 0.160. The fraction of sp³-hybridized carbons (Fsp3) is 0.460. The van der Waals surface area contributed by atoms with Crippen LogP contribution in [-0.2, 0) is 22.4 Å². The summed E-state index contributed by atoms with van der Waals surface area (Å²) in [6, 6.07) is 31.2. The van der Waals surface area contributed by atoms with E-state index in [2.05, 4.69) is 99.3 Å². The van der Waals surface area contributed by atoms with Gasteiger partial charge in [-0.3, -0.25) is 0 Å². The summed E-state index contributed by atoms with van der Waals surface area (Å²) in [4.78, 5) is 12.0. The number of unbranched alkanes of at least 4 members (excludes halogenated alkanes) is 2. The van der Waals surface area contributed by atoms with Crippen LogP contribution in [0.5, 0.6) is 5.75 Å². The van der Waals surface area contributed by atoms with Crippen LogP contribution in [0.4, 0.5) is 0 Å². The molecule has 0 bridgehead atoms. The number of carbonyl (C=O) groups excluding carboxylic acids is 1. The standard InChI is InChI=1S/C50H64O5/c1-6-9-10-12-37-14-16-39(17-15-37)40-18-20-41(21-19-40)42-22-24-43(25-23-42)44-26-28-47(38(7-2)31-44)45-27-29-48(55-35-50(8-3,33-51)34-52)46(32-45)13-11-30-54-49(53)36(4)5/h18-29,31-32,37,39,51-52H,4,6-17,30,33-35H2,1-3,5H3. The third-order valence-electron chi connectivity index (χ3n) is 12.0. The molecule has 1 fully saturated rings. The molecule has 5 rings (SSSR count). The molecule has 1 aliphatic carbocycles. The maximum Gasteiger partial charge on any atom is 0.333 e. The van der Waals surface area contributed by atoms with E-state index in [9.17, 15) is 15.0 Å². The summed E-state index contributed by atoms with van der Waals surface area (Å²) >= 11 is 0. The third kappa shape index (κ3) is 11.2. The molecule has 4 aromatic rings. The van der Waals surface area contributed by atoms with E-state index in [0.717, 1.165) is 23.5 Å². The first kappa shape index (κ1) is 42.0. The molecule has 0 aliphatic heterocycles. The monoisotopic (exact) mass is 744 g/mol. The van der Waals surface area contributed by atoms with Crippen LogP contribution in [0.3, 0.4) is 0 Å². The molecule has 0 radical (unpaired) electrons. The average Bonchev–Trinajstić information content (AvgIpc) is 3.23. The lowest BCUT2D eigenvalue weighted by atomic mass is 9.77. The van der Waals surface area contributed by atoms with E-state index in [0.29, 0.717) is 36.5 Å². The zero-order chi connectivity index (χ0) is 39.2. The van der Waals surface area contributed by atoms with Crippen LogP contribution in [0.25, 0.3) is 33.4 Å². The van der Waals surface area contributed by atoms with E-state index in [-0.39, 0.29) is 32.4 Å². The first-order chi connectivity index (χ1) is 26.7. The van der Waals surface area contributed by atoms with Crippen molar-refractivity contribution in [3.63, 3.8) is 0 Å². The number of hydrogen-bond donors (Lipinski definition) is 2. The lowest BCUT2D eigenvalue weighted by Crippen LogP contribution is -2.35. The van der Waals surface area contributed by atoms with Crippen LogP contribution in [0.15, 0.2) is 97.1 Å². The molecule has 1 aliphatic rings. The summed E-state index contributed by atoms with van der Waals surface area (Å²) < 4.78 is 11.6. The first-order valence-electron chi connectivity index (χ1n) is 20.9. The van der Waals surface area contributed by atoms with Crippen LogP contribution < -0.4 is 4.74 Å². The van der Waals surface area contributed by atoms with Gasteiger partial charge < -0.3 is 19.7 Å². The topological polar surface area (TPSA) is 76.0 Å². The fourth-order valence-corrected chi connectivity index (χ4v) is 7.95. The molecule has 0 aromatic heterocycles. The second-order valence-electron chi connectivity index (χ2n) is 15.9. The predicted molar refractivity (Wildman–Crippen MR) is 227 cm³/mol. The van der Waals surface area contributed by atoms with Gasteiger partial charge in [0.15, 0.2) is 0 Å². The van der Waals surface area contributed by atoms with Crippen molar-refractivity contribution in [2.24, 2.45) is 11.3 Å². The number of aliphatic hydroxyl groups excluding tert-OH is 2. The Morgan fingerprint density at radius 3 is 1.95 bits per heavy atom. The van der Waals surface area contributed by atoms with Gasteiger partial charge in [0.25, 0.3) is 0 Å². The zero-order valence-electron chi connectivity index (χ0n) is 33.9. The van der Waals surface area contributed by atoms with Crippen molar-refractivity contribution in [2.75, 3.05) is 26.4 Å². The van der Waals surface area contributed by atoms with E-state index in [1.807, 2.05) is 13.0 Å². The number of esters is 1. The Bertz CT molecular complexity index is 1800. The van der Waals surface area contributed by atoms with Gasteiger partial charge in [-0.15, -0.1) is 0 Å². The largest absolute Gasteiger partial charge is 0.493 e. The molecular weight excluding hydrogens is 681 g/mol. The van der Waals surface area contributed by atoms with Gasteiger partial charge in [0.2, 0.25) is 0 Å². The number of benzene rings is 4. The average molecular weight is 745 g/mol. The molecule has 0 unspecified atom stereocenters. The Morgan fingerprint density at radius 1 is 0.745 bits per heavy atom. The van der Waals surface area contributed by atoms with Crippen molar-refractivity contribution in [3.05, 3.63) is 114 Å². The van der Waals surface area contributed by atoms with Gasteiger partial charge in [0.1, 0.15) is 5.75 Å². The van der Waals surface area contributed by atoms with Gasteiger partial charge >= 0.3 is 5.97 Å². The molecule has 0 saturated heterocycles. The summed E-state index contributed by atoms with van der Waals surface area (Å²) in [5.74, 6) is 1.96. The van der Waals surface area contributed by atoms with E-state index in [1.54, 1.807) is 6.92 Å². The summed E-state index contributed by atoms with van der Waals surface area (Å²) in [5, 5.41) is 20.0. The maximum absolute atomic E-state index is 12.0. The predicted octanol–water partition coefficient (Wildman–Crippen LogP) is 11.9. The highest BCUT2D eigenvalue weighted by atomic mass is 16.5.